The lowest BCUT2D eigenvalue weighted by atomic mass is 9.78. The minimum Gasteiger partial charge on any atom is -0.469 e. The maximum absolute atomic E-state index is 12.6. The lowest BCUT2D eigenvalue weighted by molar-refractivity contribution is -0.154. The van der Waals surface area contributed by atoms with Crippen LogP contribution in [0.3, 0.4) is 0 Å². The van der Waals surface area contributed by atoms with Crippen molar-refractivity contribution in [1.29, 1.82) is 0 Å². The van der Waals surface area contributed by atoms with E-state index in [2.05, 4.69) is 30.8 Å². The SMILES string of the molecule is C=C[C@@H]1CC(COCc2ccccc2)(COCc2ccccc2)C[C@]1(C)C(=O)OC. The standard InChI is InChI=1S/C26H32O4/c1-4-23-15-26(18-25(23,2)24(27)28-3,19-29-16-21-11-7-5-8-12-21)20-30-17-22-13-9-6-10-14-22/h4-14,23H,1,15-20H2,2-3H3/t23-,25+/m1/s1. The van der Waals surface area contributed by atoms with Crippen molar-refractivity contribution in [1.82, 2.24) is 0 Å². The van der Waals surface area contributed by atoms with Crippen LogP contribution < -0.4 is 0 Å². The summed E-state index contributed by atoms with van der Waals surface area (Å²) in [7, 11) is 1.45. The van der Waals surface area contributed by atoms with E-state index in [1.165, 1.54) is 7.11 Å². The summed E-state index contributed by atoms with van der Waals surface area (Å²) < 4.78 is 17.4. The number of rotatable bonds is 10. The van der Waals surface area contributed by atoms with E-state index >= 15 is 0 Å². The Morgan fingerprint density at radius 3 is 1.93 bits per heavy atom. The van der Waals surface area contributed by atoms with E-state index in [9.17, 15) is 4.79 Å². The number of hydrogen-bond acceptors (Lipinski definition) is 4. The highest BCUT2D eigenvalue weighted by molar-refractivity contribution is 5.77. The van der Waals surface area contributed by atoms with Crippen LogP contribution in [0.15, 0.2) is 73.3 Å². The monoisotopic (exact) mass is 408 g/mol. The van der Waals surface area contributed by atoms with E-state index < -0.39 is 5.41 Å². The molecule has 4 nitrogen and oxygen atoms in total. The van der Waals surface area contributed by atoms with E-state index in [4.69, 9.17) is 14.2 Å². The second-order valence-electron chi connectivity index (χ2n) is 8.59. The van der Waals surface area contributed by atoms with Crippen LogP contribution in [0.4, 0.5) is 0 Å². The molecule has 0 aromatic heterocycles. The van der Waals surface area contributed by atoms with Crippen LogP contribution >= 0.6 is 0 Å². The van der Waals surface area contributed by atoms with Gasteiger partial charge >= 0.3 is 5.97 Å². The number of allylic oxidation sites excluding steroid dienone is 1. The van der Waals surface area contributed by atoms with Crippen LogP contribution in [-0.2, 0) is 32.2 Å². The van der Waals surface area contributed by atoms with Crippen LogP contribution in [0.2, 0.25) is 0 Å². The molecule has 1 fully saturated rings. The maximum atomic E-state index is 12.6. The molecule has 2 atom stereocenters. The van der Waals surface area contributed by atoms with Crippen LogP contribution in [0.25, 0.3) is 0 Å². The molecule has 0 radical (unpaired) electrons. The van der Waals surface area contributed by atoms with Gasteiger partial charge in [-0.15, -0.1) is 6.58 Å². The summed E-state index contributed by atoms with van der Waals surface area (Å²) >= 11 is 0. The van der Waals surface area contributed by atoms with Crippen molar-refractivity contribution in [3.8, 4) is 0 Å². The van der Waals surface area contributed by atoms with Gasteiger partial charge in [0, 0.05) is 5.41 Å². The number of ether oxygens (including phenoxy) is 3. The van der Waals surface area contributed by atoms with Crippen molar-refractivity contribution in [2.24, 2.45) is 16.7 Å². The van der Waals surface area contributed by atoms with Crippen LogP contribution in [-0.4, -0.2) is 26.3 Å². The van der Waals surface area contributed by atoms with Crippen molar-refractivity contribution in [3.05, 3.63) is 84.4 Å². The third kappa shape index (κ3) is 5.18. The third-order valence-corrected chi connectivity index (χ3v) is 6.19. The second-order valence-corrected chi connectivity index (χ2v) is 8.59. The van der Waals surface area contributed by atoms with Gasteiger partial charge in [-0.25, -0.2) is 0 Å². The molecular weight excluding hydrogens is 376 g/mol. The molecule has 0 N–H and O–H groups in total. The number of benzene rings is 2. The molecule has 0 bridgehead atoms. The molecule has 0 saturated heterocycles. The van der Waals surface area contributed by atoms with Gasteiger partial charge in [0.05, 0.1) is 39.0 Å². The minimum atomic E-state index is -0.622. The fraction of sp³-hybridized carbons (Fsp3) is 0.423. The van der Waals surface area contributed by atoms with Crippen LogP contribution in [0.1, 0.15) is 30.9 Å². The first-order chi connectivity index (χ1) is 14.5. The van der Waals surface area contributed by atoms with Crippen molar-refractivity contribution >= 4 is 5.97 Å². The fourth-order valence-electron chi connectivity index (χ4n) is 4.66. The van der Waals surface area contributed by atoms with Crippen LogP contribution in [0.5, 0.6) is 0 Å². The van der Waals surface area contributed by atoms with Crippen molar-refractivity contribution < 1.29 is 19.0 Å². The van der Waals surface area contributed by atoms with Gasteiger partial charge in [-0.3, -0.25) is 4.79 Å². The van der Waals surface area contributed by atoms with E-state index in [0.29, 0.717) is 32.8 Å². The van der Waals surface area contributed by atoms with Gasteiger partial charge < -0.3 is 14.2 Å². The van der Waals surface area contributed by atoms with Crippen molar-refractivity contribution in [3.63, 3.8) is 0 Å². The summed E-state index contributed by atoms with van der Waals surface area (Å²) in [5, 5.41) is 0. The molecule has 1 aliphatic rings. The van der Waals surface area contributed by atoms with E-state index in [0.717, 1.165) is 17.5 Å². The average Bonchev–Trinajstić information content (AvgIpc) is 3.07. The Kier molecular flexibility index (Phi) is 7.46. The smallest absolute Gasteiger partial charge is 0.312 e. The zero-order valence-electron chi connectivity index (χ0n) is 18.0. The first kappa shape index (κ1) is 22.3. The topological polar surface area (TPSA) is 44.8 Å². The summed E-state index contributed by atoms with van der Waals surface area (Å²) in [5.41, 5.74) is 1.37. The number of esters is 1. The molecule has 0 amide bonds. The number of methoxy groups -OCH3 is 1. The highest BCUT2D eigenvalue weighted by Crippen LogP contribution is 2.54. The molecule has 0 spiro atoms. The van der Waals surface area contributed by atoms with E-state index in [1.807, 2.05) is 49.4 Å². The maximum Gasteiger partial charge on any atom is 0.312 e. The molecular formula is C26H32O4. The molecule has 30 heavy (non-hydrogen) atoms. The van der Waals surface area contributed by atoms with Gasteiger partial charge in [0.1, 0.15) is 0 Å². The molecule has 0 unspecified atom stereocenters. The minimum absolute atomic E-state index is 0.0191. The quantitative estimate of drug-likeness (QED) is 0.401. The Balaban J connectivity index is 1.72. The summed E-state index contributed by atoms with van der Waals surface area (Å²) in [6.45, 7) is 8.08. The van der Waals surface area contributed by atoms with E-state index in [1.54, 1.807) is 0 Å². The van der Waals surface area contributed by atoms with Crippen molar-refractivity contribution in [2.75, 3.05) is 20.3 Å². The normalized spacial score (nSPS) is 22.5. The number of carbonyl (C=O) groups is 1. The fourth-order valence-corrected chi connectivity index (χ4v) is 4.66. The van der Waals surface area contributed by atoms with E-state index in [-0.39, 0.29) is 17.3 Å². The van der Waals surface area contributed by atoms with Crippen LogP contribution in [0, 0.1) is 16.7 Å². The Morgan fingerprint density at radius 1 is 1.00 bits per heavy atom. The Hall–Kier alpha value is -2.43. The highest BCUT2D eigenvalue weighted by Gasteiger charge is 2.55. The summed E-state index contributed by atoms with van der Waals surface area (Å²) in [6.07, 6.45) is 3.31. The van der Waals surface area contributed by atoms with Gasteiger partial charge in [-0.2, -0.15) is 0 Å². The molecule has 1 aliphatic carbocycles. The third-order valence-electron chi connectivity index (χ3n) is 6.19. The molecule has 0 heterocycles. The Morgan fingerprint density at radius 2 is 1.50 bits per heavy atom. The summed E-state index contributed by atoms with van der Waals surface area (Å²) in [4.78, 5) is 12.6. The summed E-state index contributed by atoms with van der Waals surface area (Å²) in [5.74, 6) is -0.175. The Labute approximate surface area is 179 Å². The number of hydrogen-bond donors (Lipinski definition) is 0. The predicted molar refractivity (Wildman–Crippen MR) is 118 cm³/mol. The molecule has 4 heteroatoms. The van der Waals surface area contributed by atoms with Gasteiger partial charge in [0.25, 0.3) is 0 Å². The van der Waals surface area contributed by atoms with Gasteiger partial charge in [-0.05, 0) is 36.8 Å². The lowest BCUT2D eigenvalue weighted by Crippen LogP contribution is -2.35. The second kappa shape index (κ2) is 10.1. The highest BCUT2D eigenvalue weighted by atomic mass is 16.5. The molecule has 1 saturated carbocycles. The number of carbonyl (C=O) groups excluding carboxylic acids is 1. The lowest BCUT2D eigenvalue weighted by Gasteiger charge is -2.31. The van der Waals surface area contributed by atoms with Gasteiger partial charge in [0.2, 0.25) is 0 Å². The Bertz CT molecular complexity index is 772. The molecule has 2 aromatic rings. The first-order valence-corrected chi connectivity index (χ1v) is 10.5. The molecule has 2 aromatic carbocycles. The zero-order valence-corrected chi connectivity index (χ0v) is 18.0. The van der Waals surface area contributed by atoms with Gasteiger partial charge in [-0.1, -0.05) is 66.7 Å². The molecule has 0 aliphatic heterocycles. The molecule has 160 valence electrons. The van der Waals surface area contributed by atoms with Crippen molar-refractivity contribution in [2.45, 2.75) is 33.0 Å². The average molecular weight is 409 g/mol. The summed E-state index contributed by atoms with van der Waals surface area (Å²) in [6, 6.07) is 20.2. The van der Waals surface area contributed by atoms with Gasteiger partial charge in [0.15, 0.2) is 0 Å². The first-order valence-electron chi connectivity index (χ1n) is 10.5. The molecule has 3 rings (SSSR count). The largest absolute Gasteiger partial charge is 0.469 e. The predicted octanol–water partition coefficient (Wildman–Crippen LogP) is 5.18. The zero-order chi connectivity index (χ0) is 21.5.